The highest BCUT2D eigenvalue weighted by Gasteiger charge is 2.38. The van der Waals surface area contributed by atoms with Gasteiger partial charge in [-0.2, -0.15) is 0 Å². The van der Waals surface area contributed by atoms with E-state index in [1.165, 1.54) is 0 Å². The van der Waals surface area contributed by atoms with E-state index < -0.39 is 16.6 Å². The van der Waals surface area contributed by atoms with Crippen molar-refractivity contribution >= 4 is 16.6 Å². The second-order valence-corrected chi connectivity index (χ2v) is 16.0. The van der Waals surface area contributed by atoms with E-state index >= 15 is 0 Å². The van der Waals surface area contributed by atoms with Crippen LogP contribution in [0.4, 0.5) is 0 Å². The Balaban J connectivity index is 2.51. The lowest BCUT2D eigenvalue weighted by Gasteiger charge is -2.33. The molecule has 1 rings (SSSR count). The van der Waals surface area contributed by atoms with Crippen molar-refractivity contribution in [2.45, 2.75) is 57.7 Å². The monoisotopic (exact) mass is 276 g/mol. The molecule has 0 unspecified atom stereocenters. The smallest absolute Gasteiger partial charge is 0.183 e. The Kier molecular flexibility index (Phi) is 5.00. The summed E-state index contributed by atoms with van der Waals surface area (Å²) in [6.07, 6.45) is 2.20. The molecule has 0 atom stereocenters. The predicted octanol–water partition coefficient (Wildman–Crippen LogP) is 3.24. The molecule has 17 heavy (non-hydrogen) atoms. The summed E-state index contributed by atoms with van der Waals surface area (Å²) >= 11 is 0. The topological polar surface area (TPSA) is 27.7 Å². The van der Waals surface area contributed by atoms with Crippen LogP contribution < -0.4 is 0 Å². The van der Waals surface area contributed by atoms with Gasteiger partial charge < -0.3 is 13.6 Å². The van der Waals surface area contributed by atoms with Crippen molar-refractivity contribution in [3.05, 3.63) is 0 Å². The lowest BCUT2D eigenvalue weighted by molar-refractivity contribution is -0.0627. The molecule has 1 heterocycles. The molecule has 0 saturated carbocycles. The van der Waals surface area contributed by atoms with E-state index in [1.807, 2.05) is 0 Å². The number of rotatable bonds is 6. The molecule has 5 heteroatoms. The van der Waals surface area contributed by atoms with Gasteiger partial charge in [-0.3, -0.25) is 0 Å². The molecule has 102 valence electrons. The van der Waals surface area contributed by atoms with Gasteiger partial charge in [-0.15, -0.1) is 0 Å². The predicted molar refractivity (Wildman–Crippen MR) is 76.5 cm³/mol. The summed E-state index contributed by atoms with van der Waals surface area (Å²) in [5, 5.41) is 0. The number of hydrogen-bond donors (Lipinski definition) is 0. The fourth-order valence-corrected chi connectivity index (χ4v) is 3.11. The molecule has 0 aromatic carbocycles. The van der Waals surface area contributed by atoms with E-state index in [0.717, 1.165) is 19.4 Å². The summed E-state index contributed by atoms with van der Waals surface area (Å²) in [5.41, 5.74) is -0.166. The number of hydrogen-bond acceptors (Lipinski definition) is 3. The van der Waals surface area contributed by atoms with E-state index in [9.17, 15) is 0 Å². The molecule has 0 aliphatic carbocycles. The standard InChI is InChI=1S/C12H28O3Si2/c1-16(2,3)14-10-12(8-7-9-13-12)11-15-17(4,5)6/h7-11H2,1-6H3. The van der Waals surface area contributed by atoms with Gasteiger partial charge >= 0.3 is 0 Å². The molecule has 3 nitrogen and oxygen atoms in total. The molecule has 0 aromatic heterocycles. The van der Waals surface area contributed by atoms with Crippen LogP contribution in [0.25, 0.3) is 0 Å². The van der Waals surface area contributed by atoms with E-state index in [-0.39, 0.29) is 5.60 Å². The summed E-state index contributed by atoms with van der Waals surface area (Å²) in [7, 11) is -2.94. The first-order chi connectivity index (χ1) is 7.62. The minimum absolute atomic E-state index is 0.166. The van der Waals surface area contributed by atoms with Crippen molar-refractivity contribution in [2.75, 3.05) is 19.8 Å². The SMILES string of the molecule is C[Si](C)(C)OCC1(CO[Si](C)(C)C)CCCO1. The Labute approximate surface area is 108 Å². The number of ether oxygens (including phenoxy) is 1. The van der Waals surface area contributed by atoms with Crippen LogP contribution in [0.5, 0.6) is 0 Å². The van der Waals surface area contributed by atoms with E-state index in [0.29, 0.717) is 13.2 Å². The molecule has 0 radical (unpaired) electrons. The van der Waals surface area contributed by atoms with E-state index in [2.05, 4.69) is 39.3 Å². The van der Waals surface area contributed by atoms with Crippen molar-refractivity contribution < 1.29 is 13.6 Å². The quantitative estimate of drug-likeness (QED) is 0.697. The largest absolute Gasteiger partial charge is 0.415 e. The Morgan fingerprint density at radius 1 is 0.941 bits per heavy atom. The Hall–Kier alpha value is 0.314. The molecule has 0 amide bonds. The minimum atomic E-state index is -1.47. The first kappa shape index (κ1) is 15.4. The lowest BCUT2D eigenvalue weighted by Crippen LogP contribution is -2.45. The van der Waals surface area contributed by atoms with Crippen LogP contribution in [-0.4, -0.2) is 42.1 Å². The Morgan fingerprint density at radius 2 is 1.41 bits per heavy atom. The van der Waals surface area contributed by atoms with Crippen molar-refractivity contribution in [3.8, 4) is 0 Å². The third-order valence-electron chi connectivity index (χ3n) is 2.72. The summed E-state index contributed by atoms with van der Waals surface area (Å²) in [5.74, 6) is 0. The van der Waals surface area contributed by atoms with Crippen LogP contribution >= 0.6 is 0 Å². The molecular weight excluding hydrogens is 248 g/mol. The van der Waals surface area contributed by atoms with Gasteiger partial charge in [0.25, 0.3) is 0 Å². The van der Waals surface area contributed by atoms with E-state index in [4.69, 9.17) is 13.6 Å². The lowest BCUT2D eigenvalue weighted by atomic mass is 10.0. The average Bonchev–Trinajstić information content (AvgIpc) is 2.59. The second-order valence-electron chi connectivity index (χ2n) is 6.94. The maximum atomic E-state index is 6.03. The molecule has 1 aliphatic rings. The first-order valence-electron chi connectivity index (χ1n) is 6.54. The summed E-state index contributed by atoms with van der Waals surface area (Å²) < 4.78 is 18.0. The van der Waals surface area contributed by atoms with Crippen molar-refractivity contribution in [2.24, 2.45) is 0 Å². The first-order valence-corrected chi connectivity index (χ1v) is 13.4. The van der Waals surface area contributed by atoms with Crippen LogP contribution in [0, 0.1) is 0 Å². The van der Waals surface area contributed by atoms with Crippen molar-refractivity contribution in [3.63, 3.8) is 0 Å². The fraction of sp³-hybridized carbons (Fsp3) is 1.00. The molecule has 0 spiro atoms. The molecule has 0 bridgehead atoms. The average molecular weight is 277 g/mol. The fourth-order valence-electron chi connectivity index (χ4n) is 1.72. The summed E-state index contributed by atoms with van der Waals surface area (Å²) in [6, 6.07) is 0. The van der Waals surface area contributed by atoms with Crippen LogP contribution in [0.3, 0.4) is 0 Å². The van der Waals surface area contributed by atoms with Crippen molar-refractivity contribution in [1.29, 1.82) is 0 Å². The molecule has 1 saturated heterocycles. The third kappa shape index (κ3) is 6.15. The molecule has 0 N–H and O–H groups in total. The molecular formula is C12H28O3Si2. The van der Waals surface area contributed by atoms with Crippen molar-refractivity contribution in [1.82, 2.24) is 0 Å². The second kappa shape index (κ2) is 5.53. The van der Waals surface area contributed by atoms with Gasteiger partial charge in [-0.05, 0) is 52.1 Å². The summed E-state index contributed by atoms with van der Waals surface area (Å²) in [6.45, 7) is 15.6. The highest BCUT2D eigenvalue weighted by atomic mass is 28.4. The van der Waals surface area contributed by atoms with Crippen LogP contribution in [0.1, 0.15) is 12.8 Å². The maximum absolute atomic E-state index is 6.03. The van der Waals surface area contributed by atoms with Gasteiger partial charge in [0.15, 0.2) is 16.6 Å². The van der Waals surface area contributed by atoms with E-state index in [1.54, 1.807) is 0 Å². The minimum Gasteiger partial charge on any atom is -0.415 e. The van der Waals surface area contributed by atoms with Gasteiger partial charge in [0.1, 0.15) is 5.60 Å². The Bertz CT molecular complexity index is 217. The van der Waals surface area contributed by atoms with Gasteiger partial charge in [-0.25, -0.2) is 0 Å². The summed E-state index contributed by atoms with van der Waals surface area (Å²) in [4.78, 5) is 0. The van der Waals surface area contributed by atoms with Crippen LogP contribution in [0.15, 0.2) is 0 Å². The zero-order valence-electron chi connectivity index (χ0n) is 12.3. The van der Waals surface area contributed by atoms with Gasteiger partial charge in [0.05, 0.1) is 13.2 Å². The zero-order valence-corrected chi connectivity index (χ0v) is 14.3. The molecule has 1 aliphatic heterocycles. The highest BCUT2D eigenvalue weighted by molar-refractivity contribution is 6.70. The normalized spacial score (nSPS) is 20.8. The third-order valence-corrected chi connectivity index (χ3v) is 4.74. The van der Waals surface area contributed by atoms with Gasteiger partial charge in [-0.1, -0.05) is 0 Å². The van der Waals surface area contributed by atoms with Gasteiger partial charge in [0, 0.05) is 6.61 Å². The van der Waals surface area contributed by atoms with Gasteiger partial charge in [0.2, 0.25) is 0 Å². The Morgan fingerprint density at radius 3 is 1.71 bits per heavy atom. The van der Waals surface area contributed by atoms with Crippen LogP contribution in [0.2, 0.25) is 39.3 Å². The molecule has 1 fully saturated rings. The zero-order chi connectivity index (χ0) is 13.2. The highest BCUT2D eigenvalue weighted by Crippen LogP contribution is 2.28. The maximum Gasteiger partial charge on any atom is 0.183 e. The molecule has 0 aromatic rings. The van der Waals surface area contributed by atoms with Crippen LogP contribution in [-0.2, 0) is 13.6 Å².